The summed E-state index contributed by atoms with van der Waals surface area (Å²) in [4.78, 5) is 11.1. The first-order valence-electron chi connectivity index (χ1n) is 7.12. The highest BCUT2D eigenvalue weighted by Gasteiger charge is 2.39. The molecule has 0 saturated carbocycles. The Morgan fingerprint density at radius 1 is 1.20 bits per heavy atom. The van der Waals surface area contributed by atoms with Crippen LogP contribution >= 0.6 is 0 Å². The van der Waals surface area contributed by atoms with Gasteiger partial charge >= 0.3 is 0 Å². The van der Waals surface area contributed by atoms with Crippen LogP contribution in [0.5, 0.6) is 0 Å². The van der Waals surface area contributed by atoms with Crippen molar-refractivity contribution in [2.75, 3.05) is 26.4 Å². The molecule has 2 aliphatic heterocycles. The molecule has 0 bridgehead atoms. The van der Waals surface area contributed by atoms with Crippen LogP contribution in [-0.2, 0) is 18.7 Å². The van der Waals surface area contributed by atoms with Crippen LogP contribution in [0.3, 0.4) is 0 Å². The zero-order valence-electron chi connectivity index (χ0n) is 11.7. The molecule has 0 radical (unpaired) electrons. The van der Waals surface area contributed by atoms with Crippen LogP contribution in [0, 0.1) is 11.8 Å². The normalized spacial score (nSPS) is 20.1. The second-order valence-corrected chi connectivity index (χ2v) is 6.94. The summed E-state index contributed by atoms with van der Waals surface area (Å²) in [6.45, 7) is 4.83. The van der Waals surface area contributed by atoms with E-state index >= 15 is 0 Å². The fourth-order valence-electron chi connectivity index (χ4n) is 2.99. The van der Waals surface area contributed by atoms with Crippen molar-refractivity contribution in [2.24, 2.45) is 11.8 Å². The van der Waals surface area contributed by atoms with Crippen LogP contribution in [0.15, 0.2) is 24.3 Å². The van der Waals surface area contributed by atoms with Gasteiger partial charge < -0.3 is 13.9 Å². The molecule has 0 aromatic heterocycles. The first-order chi connectivity index (χ1) is 9.75. The van der Waals surface area contributed by atoms with Gasteiger partial charge in [0.1, 0.15) is 0 Å². The van der Waals surface area contributed by atoms with Crippen molar-refractivity contribution in [2.45, 2.75) is 12.8 Å². The summed E-state index contributed by atoms with van der Waals surface area (Å²) in [5.74, 6) is 1.46. The van der Waals surface area contributed by atoms with Gasteiger partial charge in [0.05, 0.1) is 26.4 Å². The minimum Gasteiger partial charge on any atom is -0.521 e. The van der Waals surface area contributed by atoms with Crippen LogP contribution in [-0.4, -0.2) is 42.2 Å². The third-order valence-corrected chi connectivity index (χ3v) is 5.69. The minimum absolute atomic E-state index is 0.179. The SMILES string of the molecule is CC(=O)O[SiH2]c1ccccc1C(C1COC1)C1COC1. The van der Waals surface area contributed by atoms with Gasteiger partial charge in [0.2, 0.25) is 0 Å². The molecular weight excluding hydrogens is 272 g/mol. The van der Waals surface area contributed by atoms with E-state index in [0.29, 0.717) is 17.8 Å². The van der Waals surface area contributed by atoms with Gasteiger partial charge in [0.25, 0.3) is 15.7 Å². The fourth-order valence-corrected chi connectivity index (χ4v) is 4.10. The Bertz CT molecular complexity index is 469. The molecule has 0 aliphatic carbocycles. The monoisotopic (exact) mass is 292 g/mol. The van der Waals surface area contributed by atoms with Crippen LogP contribution in [0.4, 0.5) is 0 Å². The van der Waals surface area contributed by atoms with E-state index in [9.17, 15) is 4.79 Å². The van der Waals surface area contributed by atoms with Crippen molar-refractivity contribution in [3.05, 3.63) is 29.8 Å². The number of ether oxygens (including phenoxy) is 2. The molecule has 4 nitrogen and oxygen atoms in total. The van der Waals surface area contributed by atoms with Crippen molar-refractivity contribution in [1.82, 2.24) is 0 Å². The largest absolute Gasteiger partial charge is 0.521 e. The van der Waals surface area contributed by atoms with Crippen LogP contribution in [0.25, 0.3) is 0 Å². The van der Waals surface area contributed by atoms with Gasteiger partial charge in [-0.3, -0.25) is 4.79 Å². The lowest BCUT2D eigenvalue weighted by Gasteiger charge is -2.43. The number of hydrogen-bond donors (Lipinski definition) is 0. The molecule has 0 amide bonds. The molecule has 2 aliphatic rings. The summed E-state index contributed by atoms with van der Waals surface area (Å²) >= 11 is 0. The predicted molar refractivity (Wildman–Crippen MR) is 77.7 cm³/mol. The van der Waals surface area contributed by atoms with E-state index in [-0.39, 0.29) is 5.97 Å². The maximum atomic E-state index is 11.1. The van der Waals surface area contributed by atoms with Gasteiger partial charge in [-0.25, -0.2) is 0 Å². The molecule has 1 aromatic rings. The van der Waals surface area contributed by atoms with E-state index in [2.05, 4.69) is 18.2 Å². The Morgan fingerprint density at radius 2 is 1.80 bits per heavy atom. The number of benzene rings is 1. The highest BCUT2D eigenvalue weighted by molar-refractivity contribution is 6.49. The lowest BCUT2D eigenvalue weighted by Crippen LogP contribution is -2.45. The molecule has 0 atom stereocenters. The van der Waals surface area contributed by atoms with Gasteiger partial charge in [-0.2, -0.15) is 0 Å². The zero-order chi connectivity index (χ0) is 13.9. The summed E-state index contributed by atoms with van der Waals surface area (Å²) in [6, 6.07) is 8.40. The second kappa shape index (κ2) is 6.07. The maximum absolute atomic E-state index is 11.1. The highest BCUT2D eigenvalue weighted by atomic mass is 28.2. The lowest BCUT2D eigenvalue weighted by molar-refractivity contribution is -0.131. The summed E-state index contributed by atoms with van der Waals surface area (Å²) in [7, 11) is -0.993. The van der Waals surface area contributed by atoms with Crippen molar-refractivity contribution in [3.63, 3.8) is 0 Å². The van der Waals surface area contributed by atoms with Crippen LogP contribution < -0.4 is 5.19 Å². The Kier molecular flexibility index (Phi) is 4.19. The average molecular weight is 292 g/mol. The molecule has 3 rings (SSSR count). The highest BCUT2D eigenvalue weighted by Crippen LogP contribution is 2.39. The Labute approximate surface area is 121 Å². The van der Waals surface area contributed by atoms with Gasteiger partial charge in [-0.05, 0) is 16.7 Å². The minimum atomic E-state index is -0.993. The molecule has 0 unspecified atom stereocenters. The summed E-state index contributed by atoms with van der Waals surface area (Å²) in [5, 5.41) is 1.24. The van der Waals surface area contributed by atoms with Crippen molar-refractivity contribution in [3.8, 4) is 0 Å². The molecule has 2 heterocycles. The molecule has 2 fully saturated rings. The molecule has 20 heavy (non-hydrogen) atoms. The van der Waals surface area contributed by atoms with E-state index in [1.165, 1.54) is 17.7 Å². The number of hydrogen-bond acceptors (Lipinski definition) is 4. The Morgan fingerprint density at radius 3 is 2.30 bits per heavy atom. The maximum Gasteiger partial charge on any atom is 0.289 e. The molecule has 108 valence electrons. The van der Waals surface area contributed by atoms with E-state index in [4.69, 9.17) is 13.9 Å². The first-order valence-corrected chi connectivity index (χ1v) is 8.41. The average Bonchev–Trinajstić information content (AvgIpc) is 2.31. The van der Waals surface area contributed by atoms with Gasteiger partial charge in [-0.15, -0.1) is 0 Å². The van der Waals surface area contributed by atoms with Crippen LogP contribution in [0.2, 0.25) is 0 Å². The zero-order valence-corrected chi connectivity index (χ0v) is 13.1. The molecule has 0 N–H and O–H groups in total. The molecule has 5 heteroatoms. The molecule has 2 saturated heterocycles. The van der Waals surface area contributed by atoms with E-state index in [0.717, 1.165) is 26.4 Å². The number of carbonyl (C=O) groups excluding carboxylic acids is 1. The topological polar surface area (TPSA) is 44.8 Å². The molecule has 0 spiro atoms. The quantitative estimate of drug-likeness (QED) is 0.734. The van der Waals surface area contributed by atoms with Gasteiger partial charge in [0, 0.05) is 18.8 Å². The lowest BCUT2D eigenvalue weighted by atomic mass is 9.75. The summed E-state index contributed by atoms with van der Waals surface area (Å²) in [6.07, 6.45) is 0. The standard InChI is InChI=1S/C15H20O4Si/c1-10(16)19-20-14-5-3-2-4-13(14)15(11-6-17-7-11)12-8-18-9-12/h2-5,11-12,15H,6-9,20H2,1H3. The fraction of sp³-hybridized carbons (Fsp3) is 0.533. The van der Waals surface area contributed by atoms with Gasteiger partial charge in [-0.1, -0.05) is 24.3 Å². The number of rotatable bonds is 5. The first kappa shape index (κ1) is 13.8. The second-order valence-electron chi connectivity index (χ2n) is 5.60. The summed E-state index contributed by atoms with van der Waals surface area (Å²) < 4.78 is 16.1. The van der Waals surface area contributed by atoms with Crippen LogP contribution in [0.1, 0.15) is 18.4 Å². The third-order valence-electron chi connectivity index (χ3n) is 4.19. The van der Waals surface area contributed by atoms with Crippen molar-refractivity contribution < 1.29 is 18.7 Å². The van der Waals surface area contributed by atoms with E-state index in [1.54, 1.807) is 0 Å². The predicted octanol–water partition coefficient (Wildman–Crippen LogP) is 0.335. The summed E-state index contributed by atoms with van der Waals surface area (Å²) in [5.41, 5.74) is 1.35. The van der Waals surface area contributed by atoms with Crippen molar-refractivity contribution >= 4 is 20.9 Å². The molecular formula is C15H20O4Si. The Balaban J connectivity index is 1.83. The third kappa shape index (κ3) is 2.80. The van der Waals surface area contributed by atoms with E-state index in [1.807, 2.05) is 6.07 Å². The number of carbonyl (C=O) groups is 1. The van der Waals surface area contributed by atoms with Crippen molar-refractivity contribution in [1.29, 1.82) is 0 Å². The van der Waals surface area contributed by atoms with Gasteiger partial charge in [0.15, 0.2) is 0 Å². The molecule has 1 aromatic carbocycles. The Hall–Kier alpha value is -1.17. The van der Waals surface area contributed by atoms with E-state index < -0.39 is 9.76 Å². The smallest absolute Gasteiger partial charge is 0.289 e.